The molecule has 0 aromatic heterocycles. The van der Waals surface area contributed by atoms with Gasteiger partial charge in [0, 0.05) is 12.5 Å². The van der Waals surface area contributed by atoms with Crippen LogP contribution < -0.4 is 5.73 Å². The van der Waals surface area contributed by atoms with E-state index in [9.17, 15) is 9.59 Å². The summed E-state index contributed by atoms with van der Waals surface area (Å²) in [5.41, 5.74) is 5.39. The zero-order chi connectivity index (χ0) is 11.5. The minimum absolute atomic E-state index is 0.0376. The van der Waals surface area contributed by atoms with Gasteiger partial charge in [-0.3, -0.25) is 14.5 Å². The highest BCUT2D eigenvalue weighted by Crippen LogP contribution is 2.48. The molecule has 2 saturated carbocycles. The minimum Gasteiger partial charge on any atom is -0.330 e. The molecule has 2 N–H and O–H groups in total. The van der Waals surface area contributed by atoms with E-state index < -0.39 is 0 Å². The monoisotopic (exact) mass is 224 g/mol. The topological polar surface area (TPSA) is 63.4 Å². The quantitative estimate of drug-likeness (QED) is 0.701. The van der Waals surface area contributed by atoms with Crippen molar-refractivity contribution in [2.45, 2.75) is 32.1 Å². The highest BCUT2D eigenvalue weighted by atomic mass is 16.2. The fourth-order valence-corrected chi connectivity index (χ4v) is 3.24. The van der Waals surface area contributed by atoms with E-state index in [1.807, 2.05) is 0 Å². The van der Waals surface area contributed by atoms with E-state index in [1.54, 1.807) is 0 Å². The third-order valence-corrected chi connectivity index (χ3v) is 4.07. The number of nitrogens with two attached hydrogens (primary N) is 1. The molecule has 2 aliphatic rings. The Bertz CT molecular complexity index is 280. The van der Waals surface area contributed by atoms with E-state index in [0.29, 0.717) is 31.8 Å². The van der Waals surface area contributed by atoms with Crippen molar-refractivity contribution >= 4 is 12.3 Å². The lowest BCUT2D eigenvalue weighted by atomic mass is 9.88. The van der Waals surface area contributed by atoms with Crippen molar-refractivity contribution in [3.63, 3.8) is 0 Å². The Balaban J connectivity index is 1.92. The average Bonchev–Trinajstić information content (AvgIpc) is 2.91. The number of hydrogen-bond donors (Lipinski definition) is 1. The maximum absolute atomic E-state index is 12.1. The zero-order valence-corrected chi connectivity index (χ0v) is 9.60. The number of nitrogens with zero attached hydrogens (tertiary/aromatic N) is 1. The molecule has 2 rings (SSSR count). The minimum atomic E-state index is 0.0376. The van der Waals surface area contributed by atoms with Gasteiger partial charge < -0.3 is 5.73 Å². The molecule has 0 saturated heterocycles. The van der Waals surface area contributed by atoms with E-state index in [4.69, 9.17) is 5.73 Å². The molecule has 90 valence electrons. The average molecular weight is 224 g/mol. The van der Waals surface area contributed by atoms with Crippen LogP contribution in [-0.2, 0) is 9.59 Å². The first kappa shape index (κ1) is 11.6. The van der Waals surface area contributed by atoms with Crippen molar-refractivity contribution in [2.75, 3.05) is 13.1 Å². The summed E-state index contributed by atoms with van der Waals surface area (Å²) in [6.07, 6.45) is 6.01. The normalized spacial score (nSPS) is 31.7. The number of hydrogen-bond acceptors (Lipinski definition) is 3. The maximum Gasteiger partial charge on any atom is 0.232 e. The molecule has 4 nitrogen and oxygen atoms in total. The largest absolute Gasteiger partial charge is 0.330 e. The fraction of sp³-hybridized carbons (Fsp3) is 0.833. The Morgan fingerprint density at radius 2 is 2.19 bits per heavy atom. The van der Waals surface area contributed by atoms with Gasteiger partial charge in [-0.05, 0) is 44.1 Å². The van der Waals surface area contributed by atoms with Gasteiger partial charge in [-0.1, -0.05) is 6.42 Å². The predicted octanol–water partition coefficient (Wildman–Crippen LogP) is 0.756. The maximum atomic E-state index is 12.1. The lowest BCUT2D eigenvalue weighted by molar-refractivity contribution is -0.142. The van der Waals surface area contributed by atoms with Crippen molar-refractivity contribution in [3.05, 3.63) is 0 Å². The van der Waals surface area contributed by atoms with E-state index >= 15 is 0 Å². The van der Waals surface area contributed by atoms with Crippen LogP contribution in [0.15, 0.2) is 0 Å². The summed E-state index contributed by atoms with van der Waals surface area (Å²) in [5.74, 6) is 1.43. The highest BCUT2D eigenvalue weighted by molar-refractivity contribution is 5.88. The van der Waals surface area contributed by atoms with Gasteiger partial charge in [-0.25, -0.2) is 0 Å². The second kappa shape index (κ2) is 4.95. The van der Waals surface area contributed by atoms with E-state index in [0.717, 1.165) is 12.3 Å². The van der Waals surface area contributed by atoms with Crippen molar-refractivity contribution in [1.29, 1.82) is 0 Å². The Labute approximate surface area is 96.2 Å². The second-order valence-electron chi connectivity index (χ2n) is 5.06. The van der Waals surface area contributed by atoms with Crippen LogP contribution >= 0.6 is 0 Å². The summed E-state index contributed by atoms with van der Waals surface area (Å²) < 4.78 is 0. The van der Waals surface area contributed by atoms with Gasteiger partial charge in [0.15, 0.2) is 0 Å². The fourth-order valence-electron chi connectivity index (χ4n) is 3.24. The van der Waals surface area contributed by atoms with Gasteiger partial charge in [0.05, 0.1) is 0 Å². The van der Waals surface area contributed by atoms with Gasteiger partial charge in [0.2, 0.25) is 12.3 Å². The smallest absolute Gasteiger partial charge is 0.232 e. The summed E-state index contributed by atoms with van der Waals surface area (Å²) in [4.78, 5) is 24.3. The lowest BCUT2D eigenvalue weighted by Gasteiger charge is -2.25. The third kappa shape index (κ3) is 2.12. The van der Waals surface area contributed by atoms with Crippen molar-refractivity contribution < 1.29 is 9.59 Å². The SMILES string of the molecule is NCCCN(C=O)C(=O)C1CC2CCC1C2. The van der Waals surface area contributed by atoms with Crippen molar-refractivity contribution in [3.8, 4) is 0 Å². The first-order valence-corrected chi connectivity index (χ1v) is 6.22. The standard InChI is InChI=1S/C12H20N2O2/c13-4-1-5-14(8-15)12(16)11-7-9-2-3-10(11)6-9/h8-11H,1-7,13H2. The molecule has 0 aliphatic heterocycles. The van der Waals surface area contributed by atoms with Crippen LogP contribution in [0.5, 0.6) is 0 Å². The molecular weight excluding hydrogens is 204 g/mol. The van der Waals surface area contributed by atoms with E-state index in [1.165, 1.54) is 24.2 Å². The number of carbonyl (C=O) groups is 2. The van der Waals surface area contributed by atoms with Crippen LogP contribution in [0.25, 0.3) is 0 Å². The summed E-state index contributed by atoms with van der Waals surface area (Å²) >= 11 is 0. The van der Waals surface area contributed by atoms with Crippen LogP contribution in [0.4, 0.5) is 0 Å². The summed E-state index contributed by atoms with van der Waals surface area (Å²) in [6, 6.07) is 0. The number of carbonyl (C=O) groups excluding carboxylic acids is 2. The Kier molecular flexibility index (Phi) is 3.59. The molecule has 2 bridgehead atoms. The van der Waals surface area contributed by atoms with Crippen molar-refractivity contribution in [1.82, 2.24) is 4.90 Å². The molecule has 3 unspecified atom stereocenters. The molecular formula is C12H20N2O2. The number of amides is 2. The number of imide groups is 1. The Hall–Kier alpha value is -0.900. The summed E-state index contributed by atoms with van der Waals surface area (Å²) in [5, 5.41) is 0. The lowest BCUT2D eigenvalue weighted by Crippen LogP contribution is -2.38. The predicted molar refractivity (Wildman–Crippen MR) is 60.4 cm³/mol. The molecule has 16 heavy (non-hydrogen) atoms. The molecule has 2 fully saturated rings. The molecule has 3 atom stereocenters. The summed E-state index contributed by atoms with van der Waals surface area (Å²) in [7, 11) is 0. The first-order valence-electron chi connectivity index (χ1n) is 6.22. The van der Waals surface area contributed by atoms with Crippen LogP contribution in [-0.4, -0.2) is 30.3 Å². The molecule has 0 aromatic carbocycles. The number of fused-ring (bicyclic) bond motifs is 2. The molecule has 0 radical (unpaired) electrons. The van der Waals surface area contributed by atoms with Gasteiger partial charge in [0.25, 0.3) is 0 Å². The molecule has 4 heteroatoms. The third-order valence-electron chi connectivity index (χ3n) is 4.07. The summed E-state index contributed by atoms with van der Waals surface area (Å²) in [6.45, 7) is 1.00. The van der Waals surface area contributed by atoms with Crippen LogP contribution in [0.2, 0.25) is 0 Å². The van der Waals surface area contributed by atoms with Gasteiger partial charge in [-0.15, -0.1) is 0 Å². The van der Waals surface area contributed by atoms with Crippen LogP contribution in [0.1, 0.15) is 32.1 Å². The first-order chi connectivity index (χ1) is 7.76. The molecule has 0 aromatic rings. The van der Waals surface area contributed by atoms with E-state index in [-0.39, 0.29) is 11.8 Å². The number of rotatable bonds is 5. The highest BCUT2D eigenvalue weighted by Gasteiger charge is 2.44. The van der Waals surface area contributed by atoms with Crippen LogP contribution in [0, 0.1) is 17.8 Å². The van der Waals surface area contributed by atoms with Gasteiger partial charge in [-0.2, -0.15) is 0 Å². The van der Waals surface area contributed by atoms with Gasteiger partial charge >= 0.3 is 0 Å². The second-order valence-corrected chi connectivity index (χ2v) is 5.06. The van der Waals surface area contributed by atoms with Crippen molar-refractivity contribution in [2.24, 2.45) is 23.5 Å². The molecule has 0 spiro atoms. The zero-order valence-electron chi connectivity index (χ0n) is 9.60. The van der Waals surface area contributed by atoms with E-state index in [2.05, 4.69) is 0 Å². The molecule has 2 amide bonds. The Morgan fingerprint density at radius 1 is 1.38 bits per heavy atom. The molecule has 0 heterocycles. The van der Waals surface area contributed by atoms with Crippen LogP contribution in [0.3, 0.4) is 0 Å². The van der Waals surface area contributed by atoms with Gasteiger partial charge in [0.1, 0.15) is 0 Å². The molecule has 2 aliphatic carbocycles. The Morgan fingerprint density at radius 3 is 2.69 bits per heavy atom.